The molecule has 0 bridgehead atoms. The molecule has 1 N–H and O–H groups in total. The van der Waals surface area contributed by atoms with Crippen molar-refractivity contribution in [2.75, 3.05) is 36.4 Å². The second-order valence-corrected chi connectivity index (χ2v) is 6.72. The highest BCUT2D eigenvalue weighted by Crippen LogP contribution is 2.18. The average molecular weight is 358 g/mol. The highest BCUT2D eigenvalue weighted by molar-refractivity contribution is 7.13. The van der Waals surface area contributed by atoms with Crippen molar-refractivity contribution in [3.8, 4) is 0 Å². The van der Waals surface area contributed by atoms with Gasteiger partial charge in [-0.05, 0) is 13.0 Å². The second kappa shape index (κ2) is 6.73. The minimum absolute atomic E-state index is 0.0199. The van der Waals surface area contributed by atoms with Crippen LogP contribution in [0, 0.1) is 0 Å². The molecule has 10 heteroatoms. The van der Waals surface area contributed by atoms with Gasteiger partial charge in [-0.3, -0.25) is 14.1 Å². The third kappa shape index (κ3) is 3.17. The first kappa shape index (κ1) is 15.9. The monoisotopic (exact) mass is 358 g/mol. The molecule has 1 atom stereocenters. The van der Waals surface area contributed by atoms with E-state index in [9.17, 15) is 4.79 Å². The first-order valence-corrected chi connectivity index (χ1v) is 8.94. The summed E-state index contributed by atoms with van der Waals surface area (Å²) in [6.45, 7) is 5.19. The van der Waals surface area contributed by atoms with Crippen LogP contribution < -0.4 is 10.2 Å². The minimum atomic E-state index is -0.196. The van der Waals surface area contributed by atoms with Crippen molar-refractivity contribution in [1.29, 1.82) is 0 Å². The molecule has 9 nitrogen and oxygen atoms in total. The van der Waals surface area contributed by atoms with E-state index < -0.39 is 0 Å². The summed E-state index contributed by atoms with van der Waals surface area (Å²) in [6.07, 6.45) is 5.11. The molecule has 25 heavy (non-hydrogen) atoms. The van der Waals surface area contributed by atoms with Crippen molar-refractivity contribution in [2.45, 2.75) is 13.0 Å². The maximum atomic E-state index is 12.4. The zero-order chi connectivity index (χ0) is 17.2. The molecule has 1 aliphatic rings. The molecule has 1 aliphatic heterocycles. The predicted molar refractivity (Wildman–Crippen MR) is 94.8 cm³/mol. The van der Waals surface area contributed by atoms with Gasteiger partial charge in [-0.25, -0.2) is 9.97 Å². The van der Waals surface area contributed by atoms with Crippen molar-refractivity contribution in [3.05, 3.63) is 30.2 Å². The van der Waals surface area contributed by atoms with E-state index in [1.807, 2.05) is 22.8 Å². The Kier molecular flexibility index (Phi) is 4.28. The molecule has 4 rings (SSSR count). The van der Waals surface area contributed by atoms with Crippen LogP contribution in [0.2, 0.25) is 0 Å². The van der Waals surface area contributed by atoms with Gasteiger partial charge in [0, 0.05) is 44.0 Å². The van der Waals surface area contributed by atoms with Gasteiger partial charge in [0.2, 0.25) is 5.91 Å². The molecule has 130 valence electrons. The van der Waals surface area contributed by atoms with E-state index in [1.165, 1.54) is 11.3 Å². The summed E-state index contributed by atoms with van der Waals surface area (Å²) in [5.41, 5.74) is 0. The fourth-order valence-electron chi connectivity index (χ4n) is 2.99. The molecule has 1 amide bonds. The molecule has 0 radical (unpaired) electrons. The van der Waals surface area contributed by atoms with E-state index >= 15 is 0 Å². The SMILES string of the molecule is C[C@H](C(=O)Nc1nccs1)N1CCN(c2ccnc3nncn23)CC1. The first-order valence-electron chi connectivity index (χ1n) is 8.06. The van der Waals surface area contributed by atoms with Crippen molar-refractivity contribution in [2.24, 2.45) is 0 Å². The number of carbonyl (C=O) groups excluding carboxylic acids is 1. The summed E-state index contributed by atoms with van der Waals surface area (Å²) >= 11 is 1.42. The van der Waals surface area contributed by atoms with Crippen molar-refractivity contribution >= 4 is 34.0 Å². The van der Waals surface area contributed by atoms with E-state index in [2.05, 4.69) is 35.3 Å². The Labute approximate surface area is 148 Å². The first-order chi connectivity index (χ1) is 12.2. The standard InChI is InChI=1S/C15H18N8OS/c1-11(13(24)19-15-17-4-9-25-15)21-5-7-22(8-6-21)12-2-3-16-14-20-18-10-23(12)14/h2-4,9-11H,5-8H2,1H3,(H,17,19,24)/t11-/m1/s1. The van der Waals surface area contributed by atoms with Crippen molar-refractivity contribution in [1.82, 2.24) is 29.5 Å². The Bertz CT molecular complexity index is 855. The Hall–Kier alpha value is -2.59. The Balaban J connectivity index is 1.39. The molecule has 4 heterocycles. The zero-order valence-corrected chi connectivity index (χ0v) is 14.6. The van der Waals surface area contributed by atoms with E-state index in [4.69, 9.17) is 0 Å². The van der Waals surface area contributed by atoms with Crippen LogP contribution in [0.25, 0.3) is 5.78 Å². The molecule has 0 aromatic carbocycles. The number of aromatic nitrogens is 5. The van der Waals surface area contributed by atoms with Crippen LogP contribution in [-0.4, -0.2) is 67.6 Å². The molecule has 1 saturated heterocycles. The summed E-state index contributed by atoms with van der Waals surface area (Å²) in [5, 5.41) is 13.3. The maximum absolute atomic E-state index is 12.4. The normalized spacial score (nSPS) is 16.9. The van der Waals surface area contributed by atoms with Crippen molar-refractivity contribution < 1.29 is 4.79 Å². The molecule has 0 unspecified atom stereocenters. The van der Waals surface area contributed by atoms with Gasteiger partial charge in [0.25, 0.3) is 5.78 Å². The molecule has 3 aromatic heterocycles. The lowest BCUT2D eigenvalue weighted by molar-refractivity contribution is -0.120. The van der Waals surface area contributed by atoms with Gasteiger partial charge in [-0.15, -0.1) is 21.5 Å². The van der Waals surface area contributed by atoms with E-state index in [1.54, 1.807) is 18.7 Å². The summed E-state index contributed by atoms with van der Waals surface area (Å²) in [5.74, 6) is 1.60. The topological polar surface area (TPSA) is 91.5 Å². The van der Waals surface area contributed by atoms with Gasteiger partial charge in [0.15, 0.2) is 5.13 Å². The summed E-state index contributed by atoms with van der Waals surface area (Å²) < 4.78 is 1.88. The molecular formula is C15H18N8OS. The lowest BCUT2D eigenvalue weighted by atomic mass is 10.2. The number of nitrogens with one attached hydrogen (secondary N) is 1. The Morgan fingerprint density at radius 3 is 2.84 bits per heavy atom. The van der Waals surface area contributed by atoms with Gasteiger partial charge in [-0.1, -0.05) is 0 Å². The fraction of sp³-hybridized carbons (Fsp3) is 0.400. The maximum Gasteiger partial charge on any atom is 0.256 e. The molecule has 0 saturated carbocycles. The molecule has 0 aliphatic carbocycles. The van der Waals surface area contributed by atoms with Gasteiger partial charge in [-0.2, -0.15) is 0 Å². The van der Waals surface area contributed by atoms with Crippen LogP contribution in [0.5, 0.6) is 0 Å². The lowest BCUT2D eigenvalue weighted by Crippen LogP contribution is -2.53. The number of rotatable bonds is 4. The number of piperazine rings is 1. The minimum Gasteiger partial charge on any atom is -0.355 e. The highest BCUT2D eigenvalue weighted by Gasteiger charge is 2.26. The Morgan fingerprint density at radius 1 is 1.24 bits per heavy atom. The predicted octanol–water partition coefficient (Wildman–Crippen LogP) is 0.730. The highest BCUT2D eigenvalue weighted by atomic mass is 32.1. The van der Waals surface area contributed by atoms with E-state index in [-0.39, 0.29) is 11.9 Å². The van der Waals surface area contributed by atoms with Crippen LogP contribution in [0.3, 0.4) is 0 Å². The van der Waals surface area contributed by atoms with Crippen LogP contribution in [0.15, 0.2) is 30.2 Å². The number of fused-ring (bicyclic) bond motifs is 1. The number of hydrogen-bond acceptors (Lipinski definition) is 8. The summed E-state index contributed by atoms with van der Waals surface area (Å²) in [6, 6.07) is 1.77. The molecule has 1 fully saturated rings. The summed E-state index contributed by atoms with van der Waals surface area (Å²) in [4.78, 5) is 25.1. The number of anilines is 2. The van der Waals surface area contributed by atoms with Gasteiger partial charge < -0.3 is 10.2 Å². The van der Waals surface area contributed by atoms with E-state index in [0.717, 1.165) is 32.0 Å². The van der Waals surface area contributed by atoms with Crippen molar-refractivity contribution in [3.63, 3.8) is 0 Å². The van der Waals surface area contributed by atoms with E-state index in [0.29, 0.717) is 10.9 Å². The molecule has 3 aromatic rings. The number of nitrogens with zero attached hydrogens (tertiary/aromatic N) is 7. The molecular weight excluding hydrogens is 340 g/mol. The average Bonchev–Trinajstić information content (AvgIpc) is 3.32. The van der Waals surface area contributed by atoms with Crippen LogP contribution in [0.4, 0.5) is 10.9 Å². The van der Waals surface area contributed by atoms with Crippen LogP contribution in [-0.2, 0) is 4.79 Å². The number of carbonyl (C=O) groups is 1. The Morgan fingerprint density at radius 2 is 2.08 bits per heavy atom. The van der Waals surface area contributed by atoms with Gasteiger partial charge in [0.1, 0.15) is 12.1 Å². The fourth-order valence-corrected chi connectivity index (χ4v) is 3.52. The number of amides is 1. The third-order valence-electron chi connectivity index (χ3n) is 4.42. The summed E-state index contributed by atoms with van der Waals surface area (Å²) in [7, 11) is 0. The zero-order valence-electron chi connectivity index (χ0n) is 13.7. The quantitative estimate of drug-likeness (QED) is 0.735. The largest absolute Gasteiger partial charge is 0.355 e. The van der Waals surface area contributed by atoms with Gasteiger partial charge >= 0.3 is 0 Å². The second-order valence-electron chi connectivity index (χ2n) is 5.83. The molecule has 0 spiro atoms. The smallest absolute Gasteiger partial charge is 0.256 e. The lowest BCUT2D eigenvalue weighted by Gasteiger charge is -2.38. The van der Waals surface area contributed by atoms with Crippen LogP contribution in [0.1, 0.15) is 6.92 Å². The third-order valence-corrected chi connectivity index (χ3v) is 5.11. The number of thiazole rings is 1. The number of hydrogen-bond donors (Lipinski definition) is 1. The van der Waals surface area contributed by atoms with Gasteiger partial charge in [0.05, 0.1) is 6.04 Å². The van der Waals surface area contributed by atoms with Crippen LogP contribution >= 0.6 is 11.3 Å².